The molecule has 7 heteroatoms. The molecule has 1 atom stereocenters. The standard InChI is InChI=1S/C20H33FN4O.HI/c1-15(2)14-25-10-8-18(9-11-25)24-20(22-4)23-13-16(3)26-19-7-5-6-17(21)12-19;/h5-7,12,15-16,18H,8-11,13-14H2,1-4H3,(H2,22,23,24);1H. The highest BCUT2D eigenvalue weighted by atomic mass is 127. The summed E-state index contributed by atoms with van der Waals surface area (Å²) in [6.45, 7) is 10.5. The lowest BCUT2D eigenvalue weighted by molar-refractivity contribution is 0.186. The van der Waals surface area contributed by atoms with Gasteiger partial charge in [-0.25, -0.2) is 4.39 Å². The summed E-state index contributed by atoms with van der Waals surface area (Å²) in [5.41, 5.74) is 0. The molecule has 1 aliphatic rings. The van der Waals surface area contributed by atoms with Gasteiger partial charge in [0.05, 0.1) is 6.54 Å². The van der Waals surface area contributed by atoms with Crippen molar-refractivity contribution in [1.82, 2.24) is 15.5 Å². The molecule has 2 N–H and O–H groups in total. The lowest BCUT2D eigenvalue weighted by Crippen LogP contribution is -2.50. The number of benzene rings is 1. The van der Waals surface area contributed by atoms with E-state index in [0.717, 1.165) is 31.9 Å². The zero-order valence-corrected chi connectivity index (χ0v) is 19.2. The van der Waals surface area contributed by atoms with Crippen molar-refractivity contribution in [2.24, 2.45) is 10.9 Å². The minimum Gasteiger partial charge on any atom is -0.489 e. The van der Waals surface area contributed by atoms with Crippen LogP contribution < -0.4 is 15.4 Å². The average molecular weight is 492 g/mol. The third-order valence-electron chi connectivity index (χ3n) is 4.47. The van der Waals surface area contributed by atoms with Crippen LogP contribution >= 0.6 is 24.0 Å². The number of piperidine rings is 1. The molecule has 1 unspecified atom stereocenters. The molecule has 0 spiro atoms. The van der Waals surface area contributed by atoms with Gasteiger partial charge in [-0.15, -0.1) is 24.0 Å². The van der Waals surface area contributed by atoms with Crippen LogP contribution in [0.3, 0.4) is 0 Å². The Kier molecular flexibility index (Phi) is 11.0. The van der Waals surface area contributed by atoms with Crippen molar-refractivity contribution < 1.29 is 9.13 Å². The second kappa shape index (κ2) is 12.4. The maximum Gasteiger partial charge on any atom is 0.191 e. The van der Waals surface area contributed by atoms with Crippen molar-refractivity contribution in [3.8, 4) is 5.75 Å². The molecule has 1 saturated heterocycles. The minimum absolute atomic E-state index is 0. The molecule has 0 aliphatic carbocycles. The fraction of sp³-hybridized carbons (Fsp3) is 0.650. The van der Waals surface area contributed by atoms with Crippen molar-refractivity contribution in [2.75, 3.05) is 33.2 Å². The van der Waals surface area contributed by atoms with Gasteiger partial charge in [-0.1, -0.05) is 19.9 Å². The monoisotopic (exact) mass is 492 g/mol. The Morgan fingerprint density at radius 1 is 1.30 bits per heavy atom. The van der Waals surface area contributed by atoms with Gasteiger partial charge in [-0.05, 0) is 37.8 Å². The first kappa shape index (κ1) is 23.9. The smallest absolute Gasteiger partial charge is 0.191 e. The zero-order valence-electron chi connectivity index (χ0n) is 16.9. The molecule has 0 bridgehead atoms. The van der Waals surface area contributed by atoms with Gasteiger partial charge < -0.3 is 20.3 Å². The number of rotatable bonds is 7. The van der Waals surface area contributed by atoms with Gasteiger partial charge in [0.15, 0.2) is 5.96 Å². The molecule has 0 amide bonds. The van der Waals surface area contributed by atoms with E-state index < -0.39 is 0 Å². The fourth-order valence-electron chi connectivity index (χ4n) is 3.22. The van der Waals surface area contributed by atoms with E-state index in [2.05, 4.69) is 34.4 Å². The fourth-order valence-corrected chi connectivity index (χ4v) is 3.22. The first-order valence-electron chi connectivity index (χ1n) is 9.58. The molecule has 1 fully saturated rings. The molecule has 154 valence electrons. The van der Waals surface area contributed by atoms with E-state index in [-0.39, 0.29) is 35.9 Å². The number of halogens is 2. The molecule has 27 heavy (non-hydrogen) atoms. The molecule has 2 rings (SSSR count). The van der Waals surface area contributed by atoms with Gasteiger partial charge in [-0.3, -0.25) is 4.99 Å². The van der Waals surface area contributed by atoms with Crippen LogP contribution in [0.25, 0.3) is 0 Å². The zero-order chi connectivity index (χ0) is 18.9. The normalized spacial score (nSPS) is 17.3. The molecule has 5 nitrogen and oxygen atoms in total. The highest BCUT2D eigenvalue weighted by Gasteiger charge is 2.20. The van der Waals surface area contributed by atoms with Gasteiger partial charge >= 0.3 is 0 Å². The van der Waals surface area contributed by atoms with Crippen LogP contribution in [0.2, 0.25) is 0 Å². The van der Waals surface area contributed by atoms with Crippen molar-refractivity contribution in [1.29, 1.82) is 0 Å². The van der Waals surface area contributed by atoms with Gasteiger partial charge in [0.25, 0.3) is 0 Å². The number of nitrogens with zero attached hydrogens (tertiary/aromatic N) is 2. The number of guanidine groups is 1. The highest BCUT2D eigenvalue weighted by molar-refractivity contribution is 14.0. The molecular formula is C20H34FIN4O. The topological polar surface area (TPSA) is 48.9 Å². The summed E-state index contributed by atoms with van der Waals surface area (Å²) in [5, 5.41) is 6.81. The van der Waals surface area contributed by atoms with E-state index >= 15 is 0 Å². The molecule has 0 saturated carbocycles. The maximum absolute atomic E-state index is 13.2. The Bertz CT molecular complexity index is 577. The Morgan fingerprint density at radius 2 is 2.00 bits per heavy atom. The lowest BCUT2D eigenvalue weighted by atomic mass is 10.0. The lowest BCUT2D eigenvalue weighted by Gasteiger charge is -2.34. The van der Waals surface area contributed by atoms with Crippen LogP contribution in [0, 0.1) is 11.7 Å². The van der Waals surface area contributed by atoms with Gasteiger partial charge in [0.2, 0.25) is 0 Å². The summed E-state index contributed by atoms with van der Waals surface area (Å²) in [4.78, 5) is 6.84. The number of likely N-dealkylation sites (tertiary alicyclic amines) is 1. The summed E-state index contributed by atoms with van der Waals surface area (Å²) in [7, 11) is 1.78. The summed E-state index contributed by atoms with van der Waals surface area (Å²) in [6.07, 6.45) is 2.16. The second-order valence-corrected chi connectivity index (χ2v) is 7.45. The third kappa shape index (κ3) is 9.10. The number of hydrogen-bond donors (Lipinski definition) is 2. The summed E-state index contributed by atoms with van der Waals surface area (Å²) in [6, 6.07) is 6.67. The van der Waals surface area contributed by atoms with Crippen molar-refractivity contribution in [3.05, 3.63) is 30.1 Å². The van der Waals surface area contributed by atoms with E-state index in [1.165, 1.54) is 18.7 Å². The minimum atomic E-state index is -0.288. The van der Waals surface area contributed by atoms with Crippen molar-refractivity contribution in [2.45, 2.75) is 45.8 Å². The van der Waals surface area contributed by atoms with E-state index in [4.69, 9.17) is 4.74 Å². The van der Waals surface area contributed by atoms with E-state index in [1.807, 2.05) is 6.92 Å². The Morgan fingerprint density at radius 3 is 2.59 bits per heavy atom. The molecule has 1 aromatic carbocycles. The van der Waals surface area contributed by atoms with Crippen LogP contribution in [-0.4, -0.2) is 56.2 Å². The Labute approximate surface area is 180 Å². The summed E-state index contributed by atoms with van der Waals surface area (Å²) >= 11 is 0. The average Bonchev–Trinajstić information content (AvgIpc) is 2.59. The summed E-state index contributed by atoms with van der Waals surface area (Å²) in [5.74, 6) is 1.76. The van der Waals surface area contributed by atoms with E-state index in [0.29, 0.717) is 24.3 Å². The van der Waals surface area contributed by atoms with Crippen LogP contribution in [0.1, 0.15) is 33.6 Å². The van der Waals surface area contributed by atoms with Gasteiger partial charge in [0.1, 0.15) is 17.7 Å². The number of ether oxygens (including phenoxy) is 1. The SMILES string of the molecule is CN=C(NCC(C)Oc1cccc(F)c1)NC1CCN(CC(C)C)CC1.I. The van der Waals surface area contributed by atoms with Crippen molar-refractivity contribution >= 4 is 29.9 Å². The van der Waals surface area contributed by atoms with E-state index in [9.17, 15) is 4.39 Å². The van der Waals surface area contributed by atoms with E-state index in [1.54, 1.807) is 19.2 Å². The molecule has 0 radical (unpaired) electrons. The Hall–Kier alpha value is -1.09. The molecule has 1 heterocycles. The predicted octanol–water partition coefficient (Wildman–Crippen LogP) is 3.50. The second-order valence-electron chi connectivity index (χ2n) is 7.45. The molecule has 1 aliphatic heterocycles. The number of nitrogens with one attached hydrogen (secondary N) is 2. The van der Waals surface area contributed by atoms with Crippen LogP contribution in [0.4, 0.5) is 4.39 Å². The highest BCUT2D eigenvalue weighted by Crippen LogP contribution is 2.14. The number of hydrogen-bond acceptors (Lipinski definition) is 3. The largest absolute Gasteiger partial charge is 0.489 e. The van der Waals surface area contributed by atoms with Crippen LogP contribution in [-0.2, 0) is 0 Å². The summed E-state index contributed by atoms with van der Waals surface area (Å²) < 4.78 is 19.0. The first-order valence-corrected chi connectivity index (χ1v) is 9.58. The third-order valence-corrected chi connectivity index (χ3v) is 4.47. The first-order chi connectivity index (χ1) is 12.5. The van der Waals surface area contributed by atoms with Crippen molar-refractivity contribution in [3.63, 3.8) is 0 Å². The maximum atomic E-state index is 13.2. The van der Waals surface area contributed by atoms with Gasteiger partial charge in [0, 0.05) is 38.8 Å². The predicted molar refractivity (Wildman–Crippen MR) is 121 cm³/mol. The number of aliphatic imine (C=N–C) groups is 1. The molecule has 1 aromatic rings. The Balaban J connectivity index is 0.00000364. The van der Waals surface area contributed by atoms with Crippen LogP contribution in [0.15, 0.2) is 29.3 Å². The van der Waals surface area contributed by atoms with Crippen LogP contribution in [0.5, 0.6) is 5.75 Å². The quantitative estimate of drug-likeness (QED) is 0.348. The van der Waals surface area contributed by atoms with Gasteiger partial charge in [-0.2, -0.15) is 0 Å². The molecular weight excluding hydrogens is 458 g/mol. The molecule has 0 aromatic heterocycles.